The van der Waals surface area contributed by atoms with Gasteiger partial charge in [-0.25, -0.2) is 5.84 Å². The highest BCUT2D eigenvalue weighted by Crippen LogP contribution is 2.00. The molecule has 64 valence electrons. The zero-order valence-corrected chi connectivity index (χ0v) is 7.07. The van der Waals surface area contributed by atoms with E-state index in [-0.39, 0.29) is 0 Å². The molecule has 0 aromatic heterocycles. The number of hydrazine groups is 2. The molecule has 0 saturated carbocycles. The largest absolute Gasteiger partial charge is 0.309 e. The van der Waals surface area contributed by atoms with Crippen molar-refractivity contribution >= 4 is 0 Å². The Morgan fingerprint density at radius 1 is 1.27 bits per heavy atom. The van der Waals surface area contributed by atoms with Gasteiger partial charge in [0.25, 0.3) is 0 Å². The smallest absolute Gasteiger partial charge is 0.124 e. The molecule has 0 rings (SSSR count). The lowest BCUT2D eigenvalue weighted by Crippen LogP contribution is -2.39. The third kappa shape index (κ3) is 4.27. The molecular weight excluding hydrogens is 140 g/mol. The average molecular weight is 156 g/mol. The van der Waals surface area contributed by atoms with Crippen molar-refractivity contribution in [3.63, 3.8) is 0 Å². The molecule has 0 fully saturated rings. The third-order valence-corrected chi connectivity index (χ3v) is 1.25. The Morgan fingerprint density at radius 3 is 2.18 bits per heavy atom. The molecule has 0 heterocycles. The molecule has 0 saturated heterocycles. The van der Waals surface area contributed by atoms with E-state index in [1.54, 1.807) is 0 Å². The van der Waals surface area contributed by atoms with Crippen molar-refractivity contribution in [2.45, 2.75) is 13.8 Å². The van der Waals surface area contributed by atoms with Crippen LogP contribution in [0, 0.1) is 5.92 Å². The third-order valence-electron chi connectivity index (χ3n) is 1.25. The number of nitrogens with one attached hydrogen (secondary N) is 3. The molecule has 5 N–H and O–H groups in total. The van der Waals surface area contributed by atoms with Gasteiger partial charge < -0.3 is 10.9 Å². The van der Waals surface area contributed by atoms with Crippen molar-refractivity contribution in [2.75, 3.05) is 0 Å². The van der Waals surface area contributed by atoms with Crippen LogP contribution in [-0.4, -0.2) is 0 Å². The van der Waals surface area contributed by atoms with Crippen LogP contribution in [0.3, 0.4) is 0 Å². The van der Waals surface area contributed by atoms with Gasteiger partial charge in [0.05, 0.1) is 0 Å². The van der Waals surface area contributed by atoms with Crippen LogP contribution in [0.5, 0.6) is 0 Å². The first-order valence-corrected chi connectivity index (χ1v) is 3.44. The summed E-state index contributed by atoms with van der Waals surface area (Å²) in [4.78, 5) is 0. The Bertz CT molecular complexity index is 151. The lowest BCUT2D eigenvalue weighted by molar-refractivity contribution is 0.572. The monoisotopic (exact) mass is 156 g/mol. The molecular formula is C7H16N4. The summed E-state index contributed by atoms with van der Waals surface area (Å²) in [7, 11) is 0. The maximum Gasteiger partial charge on any atom is 0.124 e. The van der Waals surface area contributed by atoms with Gasteiger partial charge in [-0.05, 0) is 5.92 Å². The van der Waals surface area contributed by atoms with Crippen LogP contribution in [0.1, 0.15) is 13.8 Å². The van der Waals surface area contributed by atoms with Crippen LogP contribution in [-0.2, 0) is 0 Å². The van der Waals surface area contributed by atoms with E-state index in [0.717, 1.165) is 5.70 Å². The fourth-order valence-electron chi connectivity index (χ4n) is 0.336. The summed E-state index contributed by atoms with van der Waals surface area (Å²) in [5.74, 6) is 5.94. The number of nitrogens with two attached hydrogens (primary N) is 1. The van der Waals surface area contributed by atoms with Crippen LogP contribution in [0.25, 0.3) is 0 Å². The Labute approximate surface area is 67.5 Å². The van der Waals surface area contributed by atoms with Crippen molar-refractivity contribution in [2.24, 2.45) is 11.8 Å². The van der Waals surface area contributed by atoms with E-state index in [1.807, 2.05) is 13.8 Å². The lowest BCUT2D eigenvalue weighted by Gasteiger charge is -2.15. The zero-order chi connectivity index (χ0) is 8.85. The topological polar surface area (TPSA) is 62.1 Å². The highest BCUT2D eigenvalue weighted by molar-refractivity contribution is 4.95. The minimum atomic E-state index is 0.382. The minimum absolute atomic E-state index is 0.382. The van der Waals surface area contributed by atoms with Gasteiger partial charge in [-0.1, -0.05) is 27.0 Å². The first kappa shape index (κ1) is 9.84. The molecule has 0 unspecified atom stereocenters. The van der Waals surface area contributed by atoms with Crippen LogP contribution < -0.4 is 22.1 Å². The zero-order valence-electron chi connectivity index (χ0n) is 7.07. The Kier molecular flexibility index (Phi) is 4.14. The summed E-state index contributed by atoms with van der Waals surface area (Å²) >= 11 is 0. The fourth-order valence-corrected chi connectivity index (χ4v) is 0.336. The Hall–Kier alpha value is -1.16. The number of hydrogen-bond acceptors (Lipinski definition) is 4. The highest BCUT2D eigenvalue weighted by atomic mass is 15.4. The summed E-state index contributed by atoms with van der Waals surface area (Å²) in [6.45, 7) is 11.4. The Balaban J connectivity index is 3.54. The van der Waals surface area contributed by atoms with Crippen LogP contribution in [0.15, 0.2) is 24.7 Å². The van der Waals surface area contributed by atoms with Crippen molar-refractivity contribution in [3.05, 3.63) is 24.7 Å². The number of rotatable bonds is 5. The second-order valence-electron chi connectivity index (χ2n) is 2.55. The van der Waals surface area contributed by atoms with E-state index in [1.165, 1.54) is 0 Å². The maximum atomic E-state index is 5.05. The van der Waals surface area contributed by atoms with E-state index in [4.69, 9.17) is 5.84 Å². The van der Waals surface area contributed by atoms with E-state index in [0.29, 0.717) is 11.7 Å². The van der Waals surface area contributed by atoms with E-state index in [9.17, 15) is 0 Å². The molecule has 0 atom stereocenters. The second kappa shape index (κ2) is 4.62. The van der Waals surface area contributed by atoms with Gasteiger partial charge in [0.2, 0.25) is 0 Å². The van der Waals surface area contributed by atoms with Gasteiger partial charge in [-0.3, -0.25) is 5.43 Å². The van der Waals surface area contributed by atoms with Gasteiger partial charge in [-0.2, -0.15) is 0 Å². The van der Waals surface area contributed by atoms with E-state index >= 15 is 0 Å². The second-order valence-corrected chi connectivity index (χ2v) is 2.55. The van der Waals surface area contributed by atoms with Gasteiger partial charge in [0.15, 0.2) is 0 Å². The highest BCUT2D eigenvalue weighted by Gasteiger charge is 1.97. The minimum Gasteiger partial charge on any atom is -0.309 e. The molecule has 0 amide bonds. The molecule has 0 aromatic rings. The van der Waals surface area contributed by atoms with Crippen LogP contribution in [0.4, 0.5) is 0 Å². The molecule has 11 heavy (non-hydrogen) atoms. The maximum absolute atomic E-state index is 5.05. The van der Waals surface area contributed by atoms with Gasteiger partial charge in [0.1, 0.15) is 5.82 Å². The quantitative estimate of drug-likeness (QED) is 0.339. The summed E-state index contributed by atoms with van der Waals surface area (Å²) < 4.78 is 0. The SMILES string of the molecule is C=C(NN)NNC(=C)C(C)C. The van der Waals surface area contributed by atoms with Crippen molar-refractivity contribution < 1.29 is 0 Å². The molecule has 4 heteroatoms. The first-order chi connectivity index (χ1) is 5.07. The van der Waals surface area contributed by atoms with Crippen molar-refractivity contribution in [1.29, 1.82) is 0 Å². The number of allylic oxidation sites excluding steroid dienone is 1. The van der Waals surface area contributed by atoms with Crippen molar-refractivity contribution in [1.82, 2.24) is 16.3 Å². The predicted molar refractivity (Wildman–Crippen MR) is 46.7 cm³/mol. The summed E-state index contributed by atoms with van der Waals surface area (Å²) in [5, 5.41) is 0. The molecule has 0 aliphatic heterocycles. The fraction of sp³-hybridized carbons (Fsp3) is 0.429. The molecule has 0 aromatic carbocycles. The molecule has 0 aliphatic rings. The molecule has 4 nitrogen and oxygen atoms in total. The van der Waals surface area contributed by atoms with Crippen molar-refractivity contribution in [3.8, 4) is 0 Å². The predicted octanol–water partition coefficient (Wildman–Crippen LogP) is 0.185. The van der Waals surface area contributed by atoms with Crippen LogP contribution in [0.2, 0.25) is 0 Å². The number of hydrogen-bond donors (Lipinski definition) is 4. The standard InChI is InChI=1S/C7H16N4/c1-5(2)6(3)10-11-7(4)9-8/h5,9-11H,3-4,8H2,1-2H3. The molecule has 0 aliphatic carbocycles. The molecule has 0 radical (unpaired) electrons. The van der Waals surface area contributed by atoms with Gasteiger partial charge in [-0.15, -0.1) is 0 Å². The van der Waals surface area contributed by atoms with Crippen LogP contribution >= 0.6 is 0 Å². The summed E-state index contributed by atoms with van der Waals surface area (Å²) in [5.41, 5.74) is 8.82. The molecule has 0 spiro atoms. The Morgan fingerprint density at radius 2 is 1.82 bits per heavy atom. The first-order valence-electron chi connectivity index (χ1n) is 3.44. The summed E-state index contributed by atoms with van der Waals surface area (Å²) in [6.07, 6.45) is 0. The normalized spacial score (nSPS) is 9.09. The van der Waals surface area contributed by atoms with Gasteiger partial charge in [0, 0.05) is 5.70 Å². The van der Waals surface area contributed by atoms with E-state index < -0.39 is 0 Å². The average Bonchev–Trinajstić information content (AvgIpc) is 1.99. The van der Waals surface area contributed by atoms with Gasteiger partial charge >= 0.3 is 0 Å². The summed E-state index contributed by atoms with van der Waals surface area (Å²) in [6, 6.07) is 0. The lowest BCUT2D eigenvalue weighted by atomic mass is 10.2. The van der Waals surface area contributed by atoms with E-state index in [2.05, 4.69) is 29.4 Å². The molecule has 0 bridgehead atoms.